The van der Waals surface area contributed by atoms with Gasteiger partial charge in [0.1, 0.15) is 0 Å². The lowest BCUT2D eigenvalue weighted by atomic mass is 9.89. The average molecular weight is 463 g/mol. The van der Waals surface area contributed by atoms with Gasteiger partial charge in [-0.05, 0) is 99.0 Å². The molecule has 0 saturated carbocycles. The van der Waals surface area contributed by atoms with Gasteiger partial charge in [0.05, 0.1) is 16.6 Å². The minimum absolute atomic E-state index is 0.121. The van der Waals surface area contributed by atoms with E-state index >= 15 is 0 Å². The van der Waals surface area contributed by atoms with Crippen LogP contribution in [0, 0.1) is 13.8 Å². The predicted octanol–water partition coefficient (Wildman–Crippen LogP) is 5.47. The first-order valence-electron chi connectivity index (χ1n) is 11.4. The van der Waals surface area contributed by atoms with Gasteiger partial charge in [-0.25, -0.2) is 8.42 Å². The van der Waals surface area contributed by atoms with Crippen LogP contribution in [0.2, 0.25) is 0 Å². The molecule has 6 heteroatoms. The number of hydrogen-bond donors (Lipinski definition) is 2. The normalized spacial score (nSPS) is 14.3. The number of rotatable bonds is 6. The summed E-state index contributed by atoms with van der Waals surface area (Å²) >= 11 is 0. The van der Waals surface area contributed by atoms with Gasteiger partial charge in [-0.3, -0.25) is 9.52 Å². The molecule has 3 aromatic carbocycles. The average Bonchev–Trinajstić information content (AvgIpc) is 2.80. The van der Waals surface area contributed by atoms with Crippen LogP contribution in [0.4, 0.5) is 5.69 Å². The van der Waals surface area contributed by atoms with Gasteiger partial charge in [-0.2, -0.15) is 0 Å². The molecule has 2 N–H and O–H groups in total. The summed E-state index contributed by atoms with van der Waals surface area (Å²) in [6, 6.07) is 18.1. The third-order valence-electron chi connectivity index (χ3n) is 6.28. The summed E-state index contributed by atoms with van der Waals surface area (Å²) in [5, 5.41) is 3.07. The summed E-state index contributed by atoms with van der Waals surface area (Å²) in [4.78, 5) is 13.1. The highest BCUT2D eigenvalue weighted by Crippen LogP contribution is 2.26. The van der Waals surface area contributed by atoms with Crippen LogP contribution in [0.5, 0.6) is 0 Å². The molecule has 5 nitrogen and oxygen atoms in total. The molecule has 0 bridgehead atoms. The molecular weight excluding hydrogens is 432 g/mol. The number of aryl methyl sites for hydroxylation is 4. The fourth-order valence-corrected chi connectivity index (χ4v) is 5.36. The Kier molecular flexibility index (Phi) is 6.56. The molecule has 0 heterocycles. The third-order valence-corrected chi connectivity index (χ3v) is 7.67. The lowest BCUT2D eigenvalue weighted by Gasteiger charge is -2.20. The Balaban J connectivity index is 1.46. The topological polar surface area (TPSA) is 75.3 Å². The SMILES string of the molecule is Cc1ccc(S(=O)(=O)Nc2ccc(C(=O)NC(C)c3ccc4c(c3)CCCC4)cc2C)cc1. The molecule has 172 valence electrons. The summed E-state index contributed by atoms with van der Waals surface area (Å²) in [7, 11) is -3.70. The molecule has 0 aliphatic heterocycles. The molecule has 0 radical (unpaired) electrons. The Morgan fingerprint density at radius 1 is 0.879 bits per heavy atom. The molecule has 1 aliphatic carbocycles. The van der Waals surface area contributed by atoms with E-state index in [4.69, 9.17) is 0 Å². The van der Waals surface area contributed by atoms with Crippen molar-refractivity contribution in [2.75, 3.05) is 4.72 Å². The molecule has 0 fully saturated rings. The molecule has 1 unspecified atom stereocenters. The summed E-state index contributed by atoms with van der Waals surface area (Å²) in [5.41, 5.74) is 6.53. The molecule has 1 aliphatic rings. The number of fused-ring (bicyclic) bond motifs is 1. The van der Waals surface area contributed by atoms with Gasteiger partial charge in [0.2, 0.25) is 0 Å². The van der Waals surface area contributed by atoms with Crippen molar-refractivity contribution in [2.45, 2.75) is 57.4 Å². The van der Waals surface area contributed by atoms with Crippen molar-refractivity contribution in [3.63, 3.8) is 0 Å². The molecule has 1 atom stereocenters. The standard InChI is InChI=1S/C27H30N2O3S/c1-18-8-13-25(14-9-18)33(31,32)29-26-15-12-24(16-19(26)2)27(30)28-20(3)22-11-10-21-6-4-5-7-23(21)17-22/h8-17,20,29H,4-7H2,1-3H3,(H,28,30). The molecule has 33 heavy (non-hydrogen) atoms. The van der Waals surface area contributed by atoms with Gasteiger partial charge >= 0.3 is 0 Å². The van der Waals surface area contributed by atoms with Gasteiger partial charge in [0.25, 0.3) is 15.9 Å². The molecule has 0 aromatic heterocycles. The van der Waals surface area contributed by atoms with Gasteiger partial charge in [0.15, 0.2) is 0 Å². The predicted molar refractivity (Wildman–Crippen MR) is 132 cm³/mol. The van der Waals surface area contributed by atoms with Crippen molar-refractivity contribution < 1.29 is 13.2 Å². The van der Waals surface area contributed by atoms with Crippen LogP contribution >= 0.6 is 0 Å². The lowest BCUT2D eigenvalue weighted by Crippen LogP contribution is -2.27. The number of anilines is 1. The summed E-state index contributed by atoms with van der Waals surface area (Å²) < 4.78 is 28.0. The van der Waals surface area contributed by atoms with Gasteiger partial charge in [-0.15, -0.1) is 0 Å². The molecular formula is C27H30N2O3S. The summed E-state index contributed by atoms with van der Waals surface area (Å²) in [6.45, 7) is 5.68. The van der Waals surface area contributed by atoms with E-state index in [9.17, 15) is 13.2 Å². The number of sulfonamides is 1. The van der Waals surface area contributed by atoms with Crippen molar-refractivity contribution in [1.29, 1.82) is 0 Å². The third kappa shape index (κ3) is 5.28. The lowest BCUT2D eigenvalue weighted by molar-refractivity contribution is 0.0940. The molecule has 4 rings (SSSR count). The van der Waals surface area contributed by atoms with Crippen molar-refractivity contribution in [2.24, 2.45) is 0 Å². The van der Waals surface area contributed by atoms with E-state index in [0.717, 1.165) is 24.0 Å². The van der Waals surface area contributed by atoms with E-state index in [1.54, 1.807) is 49.4 Å². The summed E-state index contributed by atoms with van der Waals surface area (Å²) in [5.74, 6) is -0.184. The van der Waals surface area contributed by atoms with E-state index in [1.165, 1.54) is 24.0 Å². The van der Waals surface area contributed by atoms with Crippen LogP contribution in [0.25, 0.3) is 0 Å². The monoisotopic (exact) mass is 462 g/mol. The Morgan fingerprint density at radius 2 is 1.58 bits per heavy atom. The smallest absolute Gasteiger partial charge is 0.261 e. The number of carbonyl (C=O) groups excluding carboxylic acids is 1. The Bertz CT molecular complexity index is 1280. The van der Waals surface area contributed by atoms with Crippen molar-refractivity contribution in [3.8, 4) is 0 Å². The van der Waals surface area contributed by atoms with E-state index in [-0.39, 0.29) is 16.8 Å². The number of benzene rings is 3. The van der Waals surface area contributed by atoms with Gasteiger partial charge in [0, 0.05) is 5.56 Å². The Labute approximate surface area is 196 Å². The van der Waals surface area contributed by atoms with E-state index in [2.05, 4.69) is 28.2 Å². The zero-order valence-electron chi connectivity index (χ0n) is 19.3. The van der Waals surface area contributed by atoms with Gasteiger partial charge in [-0.1, -0.05) is 35.9 Å². The molecule has 1 amide bonds. The number of amides is 1. The summed E-state index contributed by atoms with van der Waals surface area (Å²) in [6.07, 6.45) is 4.70. The number of carbonyl (C=O) groups is 1. The quantitative estimate of drug-likeness (QED) is 0.510. The van der Waals surface area contributed by atoms with Crippen LogP contribution < -0.4 is 10.0 Å². The fourth-order valence-electron chi connectivity index (χ4n) is 4.23. The minimum atomic E-state index is -3.70. The van der Waals surface area contributed by atoms with Gasteiger partial charge < -0.3 is 5.32 Å². The minimum Gasteiger partial charge on any atom is -0.346 e. The number of nitrogens with one attached hydrogen (secondary N) is 2. The van der Waals surface area contributed by atoms with E-state index < -0.39 is 10.0 Å². The van der Waals surface area contributed by atoms with Crippen LogP contribution in [-0.2, 0) is 22.9 Å². The first kappa shape index (κ1) is 23.1. The highest BCUT2D eigenvalue weighted by molar-refractivity contribution is 7.92. The van der Waals surface area contributed by atoms with Crippen molar-refractivity contribution in [3.05, 3.63) is 94.0 Å². The maximum absolute atomic E-state index is 12.9. The molecule has 0 saturated heterocycles. The highest BCUT2D eigenvalue weighted by Gasteiger charge is 2.18. The zero-order chi connectivity index (χ0) is 23.6. The van der Waals surface area contributed by atoms with Crippen molar-refractivity contribution >= 4 is 21.6 Å². The highest BCUT2D eigenvalue weighted by atomic mass is 32.2. The largest absolute Gasteiger partial charge is 0.346 e. The second kappa shape index (κ2) is 9.40. The Morgan fingerprint density at radius 3 is 2.27 bits per heavy atom. The van der Waals surface area contributed by atoms with Crippen LogP contribution in [0.1, 0.15) is 64.0 Å². The maximum atomic E-state index is 12.9. The second-order valence-electron chi connectivity index (χ2n) is 8.88. The second-order valence-corrected chi connectivity index (χ2v) is 10.6. The van der Waals surface area contributed by atoms with Crippen LogP contribution in [0.15, 0.2) is 65.6 Å². The molecule has 3 aromatic rings. The van der Waals surface area contributed by atoms with Crippen LogP contribution in [0.3, 0.4) is 0 Å². The molecule has 0 spiro atoms. The first-order chi connectivity index (χ1) is 15.7. The zero-order valence-corrected chi connectivity index (χ0v) is 20.1. The first-order valence-corrected chi connectivity index (χ1v) is 12.8. The number of hydrogen-bond acceptors (Lipinski definition) is 3. The van der Waals surface area contributed by atoms with Crippen molar-refractivity contribution in [1.82, 2.24) is 5.32 Å². The van der Waals surface area contributed by atoms with E-state index in [1.807, 2.05) is 13.8 Å². The maximum Gasteiger partial charge on any atom is 0.261 e. The Hall–Kier alpha value is -3.12. The fraction of sp³-hybridized carbons (Fsp3) is 0.296. The van der Waals surface area contributed by atoms with Crippen LogP contribution in [-0.4, -0.2) is 14.3 Å². The van der Waals surface area contributed by atoms with E-state index in [0.29, 0.717) is 16.8 Å².